The van der Waals surface area contributed by atoms with Gasteiger partial charge < -0.3 is 16.8 Å². The van der Waals surface area contributed by atoms with Crippen molar-refractivity contribution in [3.8, 4) is 0 Å². The number of hydrogen-bond acceptors (Lipinski definition) is 3. The molecule has 0 aliphatic carbocycles. The number of carbonyl (C=O) groups excluding carboxylic acids is 1. The van der Waals surface area contributed by atoms with Crippen molar-refractivity contribution >= 4 is 17.3 Å². The average molecular weight is 221 g/mol. The number of nitrogen functional groups attached to an aromatic ring is 1. The van der Waals surface area contributed by atoms with Crippen molar-refractivity contribution in [2.75, 3.05) is 11.1 Å². The summed E-state index contributed by atoms with van der Waals surface area (Å²) in [5.74, 6) is -0.439. The molecular formula is C12H19N3O. The Labute approximate surface area is 96.0 Å². The molecule has 0 bridgehead atoms. The van der Waals surface area contributed by atoms with E-state index in [-0.39, 0.29) is 0 Å². The van der Waals surface area contributed by atoms with E-state index in [1.54, 1.807) is 18.2 Å². The van der Waals surface area contributed by atoms with Gasteiger partial charge in [0.15, 0.2) is 0 Å². The highest BCUT2D eigenvalue weighted by Crippen LogP contribution is 2.20. The number of primary amides is 1. The lowest BCUT2D eigenvalue weighted by molar-refractivity contribution is 0.100. The van der Waals surface area contributed by atoms with Gasteiger partial charge in [0.25, 0.3) is 5.91 Å². The first-order valence-electron chi connectivity index (χ1n) is 5.50. The van der Waals surface area contributed by atoms with Gasteiger partial charge in [-0.15, -0.1) is 0 Å². The van der Waals surface area contributed by atoms with E-state index in [2.05, 4.69) is 19.2 Å². The lowest BCUT2D eigenvalue weighted by Gasteiger charge is -2.16. The molecule has 0 saturated heterocycles. The second kappa shape index (κ2) is 5.39. The van der Waals surface area contributed by atoms with E-state index in [4.69, 9.17) is 11.5 Å². The number of rotatable bonds is 5. The molecule has 0 fully saturated rings. The van der Waals surface area contributed by atoms with Gasteiger partial charge in [-0.2, -0.15) is 0 Å². The van der Waals surface area contributed by atoms with Gasteiger partial charge in [-0.3, -0.25) is 4.79 Å². The summed E-state index contributed by atoms with van der Waals surface area (Å²) in [6.45, 7) is 4.18. The van der Waals surface area contributed by atoms with Crippen LogP contribution < -0.4 is 16.8 Å². The highest BCUT2D eigenvalue weighted by molar-refractivity contribution is 5.99. The maximum absolute atomic E-state index is 11.2. The molecule has 1 amide bonds. The lowest BCUT2D eigenvalue weighted by Crippen LogP contribution is -2.19. The molecule has 4 heteroatoms. The summed E-state index contributed by atoms with van der Waals surface area (Å²) in [4.78, 5) is 11.2. The number of hydrogen-bond donors (Lipinski definition) is 3. The second-order valence-corrected chi connectivity index (χ2v) is 4.00. The van der Waals surface area contributed by atoms with Crippen LogP contribution >= 0.6 is 0 Å². The zero-order chi connectivity index (χ0) is 12.1. The summed E-state index contributed by atoms with van der Waals surface area (Å²) in [5, 5.41) is 3.25. The van der Waals surface area contributed by atoms with Crippen molar-refractivity contribution in [2.24, 2.45) is 5.73 Å². The third-order valence-corrected chi connectivity index (χ3v) is 2.43. The van der Waals surface area contributed by atoms with E-state index in [0.29, 0.717) is 23.0 Å². The van der Waals surface area contributed by atoms with Gasteiger partial charge in [0.05, 0.1) is 5.56 Å². The first kappa shape index (κ1) is 12.4. The Kier molecular flexibility index (Phi) is 4.17. The molecule has 1 aromatic rings. The van der Waals surface area contributed by atoms with Crippen molar-refractivity contribution < 1.29 is 4.79 Å². The van der Waals surface area contributed by atoms with Crippen molar-refractivity contribution in [2.45, 2.75) is 32.7 Å². The van der Waals surface area contributed by atoms with Crippen molar-refractivity contribution in [3.63, 3.8) is 0 Å². The second-order valence-electron chi connectivity index (χ2n) is 4.00. The Morgan fingerprint density at radius 3 is 2.75 bits per heavy atom. The van der Waals surface area contributed by atoms with Crippen LogP contribution in [0.25, 0.3) is 0 Å². The molecule has 0 spiro atoms. The van der Waals surface area contributed by atoms with E-state index < -0.39 is 5.91 Å². The van der Waals surface area contributed by atoms with Gasteiger partial charge in [-0.1, -0.05) is 13.3 Å². The molecule has 1 aromatic carbocycles. The highest BCUT2D eigenvalue weighted by atomic mass is 16.1. The lowest BCUT2D eigenvalue weighted by atomic mass is 10.1. The van der Waals surface area contributed by atoms with Crippen LogP contribution in [-0.4, -0.2) is 11.9 Å². The van der Waals surface area contributed by atoms with Crippen molar-refractivity contribution in [3.05, 3.63) is 23.8 Å². The fourth-order valence-electron chi connectivity index (χ4n) is 1.67. The number of nitrogens with one attached hydrogen (secondary N) is 1. The first-order chi connectivity index (χ1) is 7.54. The summed E-state index contributed by atoms with van der Waals surface area (Å²) in [6.07, 6.45) is 2.12. The van der Waals surface area contributed by atoms with Crippen LogP contribution in [0, 0.1) is 0 Å². The largest absolute Gasteiger partial charge is 0.399 e. The molecule has 4 nitrogen and oxygen atoms in total. The van der Waals surface area contributed by atoms with Crippen LogP contribution in [-0.2, 0) is 0 Å². The molecule has 0 heterocycles. The highest BCUT2D eigenvalue weighted by Gasteiger charge is 2.10. The summed E-state index contributed by atoms with van der Waals surface area (Å²) in [7, 11) is 0. The quantitative estimate of drug-likeness (QED) is 0.665. The minimum absolute atomic E-state index is 0.296. The zero-order valence-corrected chi connectivity index (χ0v) is 9.79. The SMILES string of the molecule is CCCC(C)Nc1cc(N)ccc1C(N)=O. The third kappa shape index (κ3) is 3.15. The number of carbonyl (C=O) groups is 1. The summed E-state index contributed by atoms with van der Waals surface area (Å²) in [6, 6.07) is 5.37. The first-order valence-corrected chi connectivity index (χ1v) is 5.50. The van der Waals surface area contributed by atoms with E-state index in [1.165, 1.54) is 0 Å². The fraction of sp³-hybridized carbons (Fsp3) is 0.417. The predicted octanol–water partition coefficient (Wildman–Crippen LogP) is 1.97. The molecule has 88 valence electrons. The van der Waals surface area contributed by atoms with Crippen LogP contribution in [0.1, 0.15) is 37.0 Å². The van der Waals surface area contributed by atoms with E-state index >= 15 is 0 Å². The van der Waals surface area contributed by atoms with E-state index in [1.807, 2.05) is 0 Å². The molecular weight excluding hydrogens is 202 g/mol. The normalized spacial score (nSPS) is 12.1. The third-order valence-electron chi connectivity index (χ3n) is 2.43. The maximum atomic E-state index is 11.2. The molecule has 0 radical (unpaired) electrons. The number of anilines is 2. The Morgan fingerprint density at radius 1 is 1.50 bits per heavy atom. The summed E-state index contributed by atoms with van der Waals surface area (Å²) >= 11 is 0. The molecule has 16 heavy (non-hydrogen) atoms. The van der Waals surface area contributed by atoms with Crippen LogP contribution in [0.2, 0.25) is 0 Å². The van der Waals surface area contributed by atoms with Gasteiger partial charge in [0, 0.05) is 17.4 Å². The smallest absolute Gasteiger partial charge is 0.250 e. The monoisotopic (exact) mass is 221 g/mol. The van der Waals surface area contributed by atoms with Gasteiger partial charge >= 0.3 is 0 Å². The van der Waals surface area contributed by atoms with Gasteiger partial charge in [-0.25, -0.2) is 0 Å². The Hall–Kier alpha value is -1.71. The molecule has 0 aromatic heterocycles. The minimum Gasteiger partial charge on any atom is -0.399 e. The van der Waals surface area contributed by atoms with Crippen LogP contribution in [0.4, 0.5) is 11.4 Å². The summed E-state index contributed by atoms with van der Waals surface area (Å²) in [5.41, 5.74) is 12.8. The number of nitrogens with two attached hydrogens (primary N) is 2. The molecule has 1 atom stereocenters. The van der Waals surface area contributed by atoms with E-state index in [0.717, 1.165) is 12.8 Å². The van der Waals surface area contributed by atoms with E-state index in [9.17, 15) is 4.79 Å². The molecule has 5 N–H and O–H groups in total. The Balaban J connectivity index is 2.92. The summed E-state index contributed by atoms with van der Waals surface area (Å²) < 4.78 is 0. The average Bonchev–Trinajstić information content (AvgIpc) is 2.17. The molecule has 0 aliphatic rings. The van der Waals surface area contributed by atoms with Crippen LogP contribution in [0.15, 0.2) is 18.2 Å². The van der Waals surface area contributed by atoms with Gasteiger partial charge in [-0.05, 0) is 31.5 Å². The number of amides is 1. The maximum Gasteiger partial charge on any atom is 0.250 e. The molecule has 1 unspecified atom stereocenters. The predicted molar refractivity (Wildman–Crippen MR) is 67.4 cm³/mol. The molecule has 1 rings (SSSR count). The van der Waals surface area contributed by atoms with Crippen LogP contribution in [0.3, 0.4) is 0 Å². The Morgan fingerprint density at radius 2 is 2.19 bits per heavy atom. The van der Waals surface area contributed by atoms with Crippen molar-refractivity contribution in [1.82, 2.24) is 0 Å². The standard InChI is InChI=1S/C12H19N3O/c1-3-4-8(2)15-11-7-9(13)5-6-10(11)12(14)16/h5-8,15H,3-4,13H2,1-2H3,(H2,14,16). The van der Waals surface area contributed by atoms with Gasteiger partial charge in [0.2, 0.25) is 0 Å². The number of benzene rings is 1. The molecule has 0 aliphatic heterocycles. The van der Waals surface area contributed by atoms with Crippen molar-refractivity contribution in [1.29, 1.82) is 0 Å². The Bertz CT molecular complexity index is 377. The fourth-order valence-corrected chi connectivity index (χ4v) is 1.67. The zero-order valence-electron chi connectivity index (χ0n) is 9.79. The van der Waals surface area contributed by atoms with Gasteiger partial charge in [0.1, 0.15) is 0 Å². The molecule has 0 saturated carbocycles. The van der Waals surface area contributed by atoms with Crippen LogP contribution in [0.5, 0.6) is 0 Å². The topological polar surface area (TPSA) is 81.1 Å². The minimum atomic E-state index is -0.439.